The Morgan fingerprint density at radius 1 is 1.23 bits per heavy atom. The van der Waals surface area contributed by atoms with Gasteiger partial charge in [0.05, 0.1) is 23.4 Å². The number of ether oxygens (including phenoxy) is 1. The van der Waals surface area contributed by atoms with Crippen molar-refractivity contribution in [2.45, 2.75) is 39.5 Å². The molecule has 1 aromatic carbocycles. The standard InChI is InChI=1S/C18H22ClN5O2/c1-4-13(25)10-24-18(17-16(19)12(2)23(3)22-17)20-15(21-24)11-26-14-8-6-5-7-9-14/h5-9,13,25H,4,10-11H2,1-3H3/t13-/m1/s1. The minimum absolute atomic E-state index is 0.218. The zero-order valence-electron chi connectivity index (χ0n) is 15.1. The van der Waals surface area contributed by atoms with Gasteiger partial charge in [0, 0.05) is 7.05 Å². The lowest BCUT2D eigenvalue weighted by Crippen LogP contribution is -2.17. The van der Waals surface area contributed by atoms with E-state index in [9.17, 15) is 5.11 Å². The molecule has 0 aliphatic carbocycles. The van der Waals surface area contributed by atoms with E-state index in [-0.39, 0.29) is 6.61 Å². The van der Waals surface area contributed by atoms with Crippen LogP contribution in [0.25, 0.3) is 11.5 Å². The Morgan fingerprint density at radius 2 is 1.96 bits per heavy atom. The topological polar surface area (TPSA) is 78.0 Å². The largest absolute Gasteiger partial charge is 0.486 e. The Kier molecular flexibility index (Phi) is 5.58. The van der Waals surface area contributed by atoms with Crippen molar-refractivity contribution in [3.8, 4) is 17.3 Å². The molecule has 0 bridgehead atoms. The highest BCUT2D eigenvalue weighted by atomic mass is 35.5. The van der Waals surface area contributed by atoms with E-state index in [1.54, 1.807) is 9.36 Å². The number of aliphatic hydroxyl groups excluding tert-OH is 1. The summed E-state index contributed by atoms with van der Waals surface area (Å²) >= 11 is 6.42. The summed E-state index contributed by atoms with van der Waals surface area (Å²) in [7, 11) is 1.83. The summed E-state index contributed by atoms with van der Waals surface area (Å²) < 4.78 is 9.07. The van der Waals surface area contributed by atoms with Crippen LogP contribution in [0.3, 0.4) is 0 Å². The fourth-order valence-electron chi connectivity index (χ4n) is 2.47. The molecular weight excluding hydrogens is 354 g/mol. The monoisotopic (exact) mass is 375 g/mol. The summed E-state index contributed by atoms with van der Waals surface area (Å²) in [6.45, 7) is 4.34. The molecule has 3 aromatic rings. The lowest BCUT2D eigenvalue weighted by Gasteiger charge is -2.09. The molecule has 0 saturated heterocycles. The maximum Gasteiger partial charge on any atom is 0.188 e. The number of aromatic nitrogens is 5. The highest BCUT2D eigenvalue weighted by Crippen LogP contribution is 2.28. The van der Waals surface area contributed by atoms with Gasteiger partial charge in [0.25, 0.3) is 0 Å². The second-order valence-electron chi connectivity index (χ2n) is 6.07. The molecule has 0 aliphatic rings. The number of benzene rings is 1. The van der Waals surface area contributed by atoms with E-state index in [2.05, 4.69) is 15.2 Å². The Balaban J connectivity index is 1.91. The minimum Gasteiger partial charge on any atom is -0.486 e. The molecule has 26 heavy (non-hydrogen) atoms. The van der Waals surface area contributed by atoms with Crippen LogP contribution >= 0.6 is 11.6 Å². The van der Waals surface area contributed by atoms with E-state index in [4.69, 9.17) is 16.3 Å². The number of rotatable bonds is 7. The second kappa shape index (κ2) is 7.88. The van der Waals surface area contributed by atoms with Crippen LogP contribution in [-0.4, -0.2) is 35.8 Å². The molecule has 3 rings (SSSR count). The molecule has 0 aliphatic heterocycles. The first kappa shape index (κ1) is 18.4. The summed E-state index contributed by atoms with van der Waals surface area (Å²) in [5.41, 5.74) is 1.39. The van der Waals surface area contributed by atoms with Crippen molar-refractivity contribution >= 4 is 11.6 Å². The maximum atomic E-state index is 10.1. The molecule has 1 N–H and O–H groups in total. The van der Waals surface area contributed by atoms with Gasteiger partial charge in [-0.2, -0.15) is 10.2 Å². The number of aliphatic hydroxyl groups is 1. The summed E-state index contributed by atoms with van der Waals surface area (Å²) in [6.07, 6.45) is 0.0892. The van der Waals surface area contributed by atoms with E-state index in [1.165, 1.54) is 0 Å². The van der Waals surface area contributed by atoms with Gasteiger partial charge in [-0.15, -0.1) is 0 Å². The summed E-state index contributed by atoms with van der Waals surface area (Å²) in [5.74, 6) is 1.77. The van der Waals surface area contributed by atoms with Crippen molar-refractivity contribution < 1.29 is 9.84 Å². The van der Waals surface area contributed by atoms with Crippen LogP contribution in [0.1, 0.15) is 24.9 Å². The Bertz CT molecular complexity index is 875. The molecule has 0 unspecified atom stereocenters. The third kappa shape index (κ3) is 3.89. The lowest BCUT2D eigenvalue weighted by molar-refractivity contribution is 0.145. The minimum atomic E-state index is -0.526. The van der Waals surface area contributed by atoms with Crippen LogP contribution in [0, 0.1) is 6.92 Å². The van der Waals surface area contributed by atoms with Gasteiger partial charge in [-0.05, 0) is 25.5 Å². The van der Waals surface area contributed by atoms with Crippen LogP contribution in [-0.2, 0) is 20.2 Å². The van der Waals surface area contributed by atoms with E-state index in [0.29, 0.717) is 35.3 Å². The smallest absolute Gasteiger partial charge is 0.188 e. The molecule has 0 saturated carbocycles. The summed E-state index contributed by atoms with van der Waals surface area (Å²) in [6, 6.07) is 9.48. The number of nitrogens with zero attached hydrogens (tertiary/aromatic N) is 5. The van der Waals surface area contributed by atoms with Gasteiger partial charge < -0.3 is 9.84 Å². The lowest BCUT2D eigenvalue weighted by atomic mass is 10.3. The molecule has 2 heterocycles. The van der Waals surface area contributed by atoms with E-state index in [0.717, 1.165) is 11.4 Å². The number of aryl methyl sites for hydroxylation is 1. The fourth-order valence-corrected chi connectivity index (χ4v) is 2.72. The molecule has 0 spiro atoms. The van der Waals surface area contributed by atoms with E-state index in [1.807, 2.05) is 51.2 Å². The molecule has 2 aromatic heterocycles. The van der Waals surface area contributed by atoms with Crippen molar-refractivity contribution in [1.82, 2.24) is 24.5 Å². The van der Waals surface area contributed by atoms with Crippen molar-refractivity contribution in [1.29, 1.82) is 0 Å². The number of hydrogen-bond acceptors (Lipinski definition) is 5. The van der Waals surface area contributed by atoms with Gasteiger partial charge in [0.2, 0.25) is 0 Å². The quantitative estimate of drug-likeness (QED) is 0.686. The number of halogens is 1. The van der Waals surface area contributed by atoms with Crippen LogP contribution in [0.15, 0.2) is 30.3 Å². The molecular formula is C18H22ClN5O2. The molecule has 8 heteroatoms. The zero-order chi connectivity index (χ0) is 18.7. The highest BCUT2D eigenvalue weighted by molar-refractivity contribution is 6.33. The van der Waals surface area contributed by atoms with Crippen LogP contribution in [0.2, 0.25) is 5.02 Å². The van der Waals surface area contributed by atoms with Crippen LogP contribution < -0.4 is 4.74 Å². The van der Waals surface area contributed by atoms with Crippen LogP contribution in [0.4, 0.5) is 0 Å². The van der Waals surface area contributed by atoms with Gasteiger partial charge in [0.1, 0.15) is 18.1 Å². The summed E-state index contributed by atoms with van der Waals surface area (Å²) in [5, 5.41) is 19.5. The molecule has 1 atom stereocenters. The Hall–Kier alpha value is -2.38. The van der Waals surface area contributed by atoms with Gasteiger partial charge in [-0.1, -0.05) is 36.7 Å². The zero-order valence-corrected chi connectivity index (χ0v) is 15.8. The van der Waals surface area contributed by atoms with Crippen molar-refractivity contribution in [3.63, 3.8) is 0 Å². The fraction of sp³-hybridized carbons (Fsp3) is 0.389. The van der Waals surface area contributed by atoms with E-state index >= 15 is 0 Å². The molecule has 0 radical (unpaired) electrons. The molecule has 7 nitrogen and oxygen atoms in total. The average Bonchev–Trinajstić information content (AvgIpc) is 3.16. The normalized spacial score (nSPS) is 12.3. The Morgan fingerprint density at radius 3 is 2.58 bits per heavy atom. The summed E-state index contributed by atoms with van der Waals surface area (Å²) in [4.78, 5) is 4.55. The average molecular weight is 376 g/mol. The molecule has 138 valence electrons. The van der Waals surface area contributed by atoms with Gasteiger partial charge in [0.15, 0.2) is 11.6 Å². The molecule has 0 fully saturated rings. The first-order valence-corrected chi connectivity index (χ1v) is 8.86. The highest BCUT2D eigenvalue weighted by Gasteiger charge is 2.21. The predicted octanol–water partition coefficient (Wildman–Crippen LogP) is 2.99. The molecule has 0 amide bonds. The van der Waals surface area contributed by atoms with Crippen molar-refractivity contribution in [2.24, 2.45) is 7.05 Å². The first-order chi connectivity index (χ1) is 12.5. The first-order valence-electron chi connectivity index (χ1n) is 8.48. The van der Waals surface area contributed by atoms with E-state index < -0.39 is 6.10 Å². The van der Waals surface area contributed by atoms with Gasteiger partial charge in [-0.25, -0.2) is 9.67 Å². The SMILES string of the molecule is CC[C@@H](O)Cn1nc(COc2ccccc2)nc1-c1nn(C)c(C)c1Cl. The number of hydrogen-bond donors (Lipinski definition) is 1. The third-order valence-corrected chi connectivity index (χ3v) is 4.61. The Labute approximate surface area is 157 Å². The maximum absolute atomic E-state index is 10.1. The van der Waals surface area contributed by atoms with Gasteiger partial charge >= 0.3 is 0 Å². The second-order valence-corrected chi connectivity index (χ2v) is 6.45. The van der Waals surface area contributed by atoms with Crippen LogP contribution in [0.5, 0.6) is 5.75 Å². The van der Waals surface area contributed by atoms with Crippen molar-refractivity contribution in [3.05, 3.63) is 46.9 Å². The number of para-hydroxylation sites is 1. The van der Waals surface area contributed by atoms with Gasteiger partial charge in [-0.3, -0.25) is 4.68 Å². The third-order valence-electron chi connectivity index (χ3n) is 4.15. The van der Waals surface area contributed by atoms with Crippen molar-refractivity contribution in [2.75, 3.05) is 0 Å². The predicted molar refractivity (Wildman–Crippen MR) is 99.0 cm³/mol.